The number of aryl methyl sites for hydroxylation is 3. The van der Waals surface area contributed by atoms with Gasteiger partial charge in [0.1, 0.15) is 11.5 Å². The van der Waals surface area contributed by atoms with E-state index in [-0.39, 0.29) is 17.7 Å². The van der Waals surface area contributed by atoms with Gasteiger partial charge >= 0.3 is 0 Å². The highest BCUT2D eigenvalue weighted by molar-refractivity contribution is 6.07. The van der Waals surface area contributed by atoms with Gasteiger partial charge in [-0.3, -0.25) is 9.59 Å². The molecule has 180 valence electrons. The lowest BCUT2D eigenvalue weighted by Crippen LogP contribution is -2.51. The molecular weight excluding hydrogens is 434 g/mol. The first kappa shape index (κ1) is 22.6. The highest BCUT2D eigenvalue weighted by Gasteiger charge is 2.33. The number of hydrogen-bond acceptors (Lipinski definition) is 7. The summed E-state index contributed by atoms with van der Waals surface area (Å²) in [6, 6.07) is 3.73. The number of hydrogen-bond donors (Lipinski definition) is 0. The quantitative estimate of drug-likeness (QED) is 0.587. The SMILES string of the molecule is Cc1cc(-c2cc(C(=O)N3CCC(C(=O)N4CCN(C)CC4)CC3)c3c(C)noc3n2)c(C)o1. The summed E-state index contributed by atoms with van der Waals surface area (Å²) in [5, 5.41) is 4.69. The van der Waals surface area contributed by atoms with Crippen LogP contribution in [0.4, 0.5) is 0 Å². The number of nitrogens with zero attached hydrogens (tertiary/aromatic N) is 5. The van der Waals surface area contributed by atoms with Gasteiger partial charge in [-0.25, -0.2) is 4.98 Å². The van der Waals surface area contributed by atoms with E-state index in [0.717, 1.165) is 43.3 Å². The van der Waals surface area contributed by atoms with Crippen molar-refractivity contribution in [3.63, 3.8) is 0 Å². The molecule has 0 spiro atoms. The van der Waals surface area contributed by atoms with Gasteiger partial charge in [-0.15, -0.1) is 0 Å². The number of piperidine rings is 1. The maximum atomic E-state index is 13.7. The molecule has 34 heavy (non-hydrogen) atoms. The summed E-state index contributed by atoms with van der Waals surface area (Å²) < 4.78 is 11.1. The molecule has 9 heteroatoms. The predicted molar refractivity (Wildman–Crippen MR) is 126 cm³/mol. The predicted octanol–water partition coefficient (Wildman–Crippen LogP) is 3.03. The Morgan fingerprint density at radius 3 is 2.32 bits per heavy atom. The van der Waals surface area contributed by atoms with E-state index in [1.165, 1.54) is 0 Å². The topological polar surface area (TPSA) is 95.9 Å². The lowest BCUT2D eigenvalue weighted by molar-refractivity contribution is -0.138. The van der Waals surface area contributed by atoms with E-state index in [1.54, 1.807) is 0 Å². The molecule has 5 heterocycles. The van der Waals surface area contributed by atoms with Crippen LogP contribution in [0.5, 0.6) is 0 Å². The number of likely N-dealkylation sites (N-methyl/N-ethyl adjacent to an activating group) is 1. The molecule has 0 aromatic carbocycles. The number of likely N-dealkylation sites (tertiary alicyclic amines) is 1. The lowest BCUT2D eigenvalue weighted by Gasteiger charge is -2.37. The Morgan fingerprint density at radius 1 is 0.971 bits per heavy atom. The Hall–Kier alpha value is -3.20. The highest BCUT2D eigenvalue weighted by Crippen LogP contribution is 2.32. The zero-order valence-corrected chi connectivity index (χ0v) is 20.3. The maximum Gasteiger partial charge on any atom is 0.259 e. The number of amides is 2. The smallest absolute Gasteiger partial charge is 0.259 e. The van der Waals surface area contributed by atoms with Gasteiger partial charge in [-0.2, -0.15) is 0 Å². The number of fused-ring (bicyclic) bond motifs is 1. The first-order valence-electron chi connectivity index (χ1n) is 11.9. The van der Waals surface area contributed by atoms with Gasteiger partial charge in [0.25, 0.3) is 11.6 Å². The second kappa shape index (κ2) is 8.87. The third-order valence-electron chi connectivity index (χ3n) is 7.11. The van der Waals surface area contributed by atoms with Gasteiger partial charge in [0.05, 0.1) is 22.3 Å². The summed E-state index contributed by atoms with van der Waals surface area (Å²) in [7, 11) is 2.08. The van der Waals surface area contributed by atoms with Crippen LogP contribution in [0.2, 0.25) is 0 Å². The molecule has 3 aromatic rings. The zero-order chi connectivity index (χ0) is 24.0. The fraction of sp³-hybridized carbons (Fsp3) is 0.520. The molecule has 0 bridgehead atoms. The van der Waals surface area contributed by atoms with E-state index in [2.05, 4.69) is 22.1 Å². The molecule has 0 saturated carbocycles. The van der Waals surface area contributed by atoms with Crippen molar-refractivity contribution in [2.24, 2.45) is 5.92 Å². The molecule has 9 nitrogen and oxygen atoms in total. The third-order valence-corrected chi connectivity index (χ3v) is 7.11. The number of furan rings is 1. The number of carbonyl (C=O) groups is 2. The summed E-state index contributed by atoms with van der Waals surface area (Å²) in [5.41, 5.74) is 2.97. The molecule has 0 atom stereocenters. The van der Waals surface area contributed by atoms with Gasteiger partial charge in [-0.1, -0.05) is 5.16 Å². The van der Waals surface area contributed by atoms with Crippen LogP contribution in [-0.2, 0) is 4.79 Å². The summed E-state index contributed by atoms with van der Waals surface area (Å²) in [6.45, 7) is 10.1. The molecular formula is C25H31N5O4. The first-order chi connectivity index (χ1) is 16.3. The normalized spacial score (nSPS) is 18.1. The standard InChI is InChI=1S/C25H31N5O4/c1-15-13-19(17(3)33-15)21-14-20(22-16(2)27-34-23(22)26-21)25(32)29-7-5-18(6-8-29)24(31)30-11-9-28(4)10-12-30/h13-14,18H,5-12H2,1-4H3. The van der Waals surface area contributed by atoms with Gasteiger partial charge in [0.2, 0.25) is 5.91 Å². The van der Waals surface area contributed by atoms with E-state index in [4.69, 9.17) is 8.94 Å². The van der Waals surface area contributed by atoms with Crippen molar-refractivity contribution in [1.82, 2.24) is 24.8 Å². The zero-order valence-electron chi connectivity index (χ0n) is 20.3. The van der Waals surface area contributed by atoms with E-state index in [0.29, 0.717) is 54.0 Å². The van der Waals surface area contributed by atoms with Crippen LogP contribution in [-0.4, -0.2) is 83.0 Å². The fourth-order valence-corrected chi connectivity index (χ4v) is 5.07. The number of piperazine rings is 1. The van der Waals surface area contributed by atoms with Gasteiger partial charge in [0.15, 0.2) is 0 Å². The summed E-state index contributed by atoms with van der Waals surface area (Å²) in [5.74, 6) is 1.65. The molecule has 0 unspecified atom stereocenters. The largest absolute Gasteiger partial charge is 0.466 e. The highest BCUT2D eigenvalue weighted by atomic mass is 16.5. The van der Waals surface area contributed by atoms with Crippen molar-refractivity contribution < 1.29 is 18.5 Å². The van der Waals surface area contributed by atoms with Crippen molar-refractivity contribution in [2.75, 3.05) is 46.3 Å². The molecule has 2 fully saturated rings. The van der Waals surface area contributed by atoms with Crippen LogP contribution in [0.15, 0.2) is 21.1 Å². The molecule has 2 aliphatic rings. The minimum absolute atomic E-state index is 0.0191. The van der Waals surface area contributed by atoms with E-state index >= 15 is 0 Å². The minimum atomic E-state index is -0.0803. The van der Waals surface area contributed by atoms with Crippen LogP contribution in [0.25, 0.3) is 22.4 Å². The van der Waals surface area contributed by atoms with Crippen molar-refractivity contribution in [1.29, 1.82) is 0 Å². The average Bonchev–Trinajstić information content (AvgIpc) is 3.39. The molecule has 0 N–H and O–H groups in total. The average molecular weight is 466 g/mol. The number of pyridine rings is 1. The van der Waals surface area contributed by atoms with Gasteiger partial charge < -0.3 is 23.6 Å². The van der Waals surface area contributed by atoms with Crippen molar-refractivity contribution in [2.45, 2.75) is 33.6 Å². The second-order valence-corrected chi connectivity index (χ2v) is 9.53. The maximum absolute atomic E-state index is 13.7. The van der Waals surface area contributed by atoms with Crippen molar-refractivity contribution >= 4 is 22.9 Å². The Morgan fingerprint density at radius 2 is 1.68 bits per heavy atom. The summed E-state index contributed by atoms with van der Waals surface area (Å²) in [6.07, 6.45) is 1.36. The molecule has 0 aliphatic carbocycles. The Bertz CT molecular complexity index is 1230. The van der Waals surface area contributed by atoms with Gasteiger partial charge in [-0.05, 0) is 52.8 Å². The minimum Gasteiger partial charge on any atom is -0.466 e. The van der Waals surface area contributed by atoms with Gasteiger partial charge in [0, 0.05) is 50.7 Å². The molecule has 3 aromatic heterocycles. The van der Waals surface area contributed by atoms with E-state index < -0.39 is 0 Å². The number of aromatic nitrogens is 2. The molecule has 2 aliphatic heterocycles. The van der Waals surface area contributed by atoms with E-state index in [9.17, 15) is 9.59 Å². The number of carbonyl (C=O) groups excluding carboxylic acids is 2. The second-order valence-electron chi connectivity index (χ2n) is 9.53. The summed E-state index contributed by atoms with van der Waals surface area (Å²) in [4.78, 5) is 37.3. The lowest BCUT2D eigenvalue weighted by atomic mass is 9.94. The van der Waals surface area contributed by atoms with E-state index in [1.807, 2.05) is 42.7 Å². The Balaban J connectivity index is 1.36. The summed E-state index contributed by atoms with van der Waals surface area (Å²) >= 11 is 0. The Labute approximate surface area is 198 Å². The van der Waals surface area contributed by atoms with Crippen LogP contribution in [0.3, 0.4) is 0 Å². The van der Waals surface area contributed by atoms with Crippen LogP contribution in [0.1, 0.15) is 40.4 Å². The molecule has 0 radical (unpaired) electrons. The molecule has 5 rings (SSSR count). The van der Waals surface area contributed by atoms with Crippen LogP contribution < -0.4 is 0 Å². The van der Waals surface area contributed by atoms with Crippen molar-refractivity contribution in [3.8, 4) is 11.3 Å². The third kappa shape index (κ3) is 4.09. The monoisotopic (exact) mass is 465 g/mol. The number of rotatable bonds is 3. The first-order valence-corrected chi connectivity index (χ1v) is 11.9. The van der Waals surface area contributed by atoms with Crippen LogP contribution >= 0.6 is 0 Å². The Kier molecular flexibility index (Phi) is 5.89. The van der Waals surface area contributed by atoms with Crippen LogP contribution in [0, 0.1) is 26.7 Å². The fourth-order valence-electron chi connectivity index (χ4n) is 5.07. The van der Waals surface area contributed by atoms with Crippen molar-refractivity contribution in [3.05, 3.63) is 34.9 Å². The molecule has 2 saturated heterocycles. The molecule has 2 amide bonds.